The third-order valence-electron chi connectivity index (χ3n) is 6.58. The molecule has 10 nitrogen and oxygen atoms in total. The molecule has 3 heterocycles. The minimum absolute atomic E-state index is 0.0451. The fraction of sp³-hybridized carbons (Fsp3) is 0.286. The van der Waals surface area contributed by atoms with Crippen molar-refractivity contribution in [2.75, 3.05) is 63.1 Å². The van der Waals surface area contributed by atoms with Crippen LogP contribution in [0.25, 0.3) is 0 Å². The van der Waals surface area contributed by atoms with Crippen LogP contribution in [0.5, 0.6) is 0 Å². The van der Waals surface area contributed by atoms with Gasteiger partial charge in [-0.2, -0.15) is 0 Å². The molecule has 5 N–H and O–H groups in total. The number of amides is 1. The molecule has 0 bridgehead atoms. The Hall–Kier alpha value is -4.06. The number of ether oxygens (including phenoxy) is 1. The smallest absolute Gasteiger partial charge is 0.253 e. The number of amidine groups is 2. The van der Waals surface area contributed by atoms with Crippen molar-refractivity contribution in [3.63, 3.8) is 0 Å². The molecule has 2 saturated heterocycles. The first-order valence-electron chi connectivity index (χ1n) is 13.0. The zero-order valence-corrected chi connectivity index (χ0v) is 22.4. The highest BCUT2D eigenvalue weighted by Gasteiger charge is 2.19. The molecule has 5 rings (SSSR count). The lowest BCUT2D eigenvalue weighted by molar-refractivity contribution is 0.0682. The molecule has 1 aromatic heterocycles. The lowest BCUT2D eigenvalue weighted by atomic mass is 10.1. The van der Waals surface area contributed by atoms with E-state index in [9.17, 15) is 4.79 Å². The SMILES string of the molecule is N=C(N=C(c1ccc[nH]1)N1CCOCC1)c1ccc(NC(=S)Nc2ccc(C(=O)N3CCNCC3)cc2)cc1. The first-order chi connectivity index (χ1) is 19.1. The number of benzene rings is 2. The minimum Gasteiger partial charge on any atom is -0.378 e. The molecule has 0 saturated carbocycles. The maximum absolute atomic E-state index is 12.7. The number of piperazine rings is 1. The Morgan fingerprint density at radius 3 is 2.08 bits per heavy atom. The molecule has 2 aromatic carbocycles. The van der Waals surface area contributed by atoms with Crippen LogP contribution in [0.3, 0.4) is 0 Å². The number of aromatic nitrogens is 1. The predicted molar refractivity (Wildman–Crippen MR) is 158 cm³/mol. The Morgan fingerprint density at radius 2 is 1.49 bits per heavy atom. The van der Waals surface area contributed by atoms with Gasteiger partial charge in [-0.05, 0) is 72.9 Å². The van der Waals surface area contributed by atoms with Gasteiger partial charge in [-0.1, -0.05) is 0 Å². The summed E-state index contributed by atoms with van der Waals surface area (Å²) in [4.78, 5) is 24.5. The monoisotopic (exact) mass is 544 g/mol. The van der Waals surface area contributed by atoms with Gasteiger partial charge in [-0.15, -0.1) is 0 Å². The number of anilines is 2. The molecule has 1 amide bonds. The normalized spacial score (nSPS) is 16.1. The number of thiocarbonyl (C=S) groups is 1. The Balaban J connectivity index is 1.18. The lowest BCUT2D eigenvalue weighted by Crippen LogP contribution is -2.46. The number of hydrogen-bond donors (Lipinski definition) is 5. The number of hydrogen-bond acceptors (Lipinski definition) is 5. The van der Waals surface area contributed by atoms with Gasteiger partial charge in [0.1, 0.15) is 0 Å². The molecule has 39 heavy (non-hydrogen) atoms. The second-order valence-electron chi connectivity index (χ2n) is 9.24. The number of H-pyrrole nitrogens is 1. The van der Waals surface area contributed by atoms with Gasteiger partial charge in [-0.3, -0.25) is 10.2 Å². The summed E-state index contributed by atoms with van der Waals surface area (Å²) in [6.45, 7) is 5.83. The largest absolute Gasteiger partial charge is 0.378 e. The number of nitrogens with one attached hydrogen (secondary N) is 5. The van der Waals surface area contributed by atoms with Crippen molar-refractivity contribution in [3.8, 4) is 0 Å². The van der Waals surface area contributed by atoms with Crippen molar-refractivity contribution in [3.05, 3.63) is 83.7 Å². The fourth-order valence-corrected chi connectivity index (χ4v) is 4.70. The second-order valence-corrected chi connectivity index (χ2v) is 9.65. The van der Waals surface area contributed by atoms with E-state index in [4.69, 9.17) is 22.4 Å². The molecule has 0 unspecified atom stereocenters. The van der Waals surface area contributed by atoms with Gasteiger partial charge >= 0.3 is 0 Å². The summed E-state index contributed by atoms with van der Waals surface area (Å²) in [6, 6.07) is 18.6. The first kappa shape index (κ1) is 26.5. The molecule has 202 valence electrons. The minimum atomic E-state index is 0.0451. The molecule has 2 aliphatic heterocycles. The van der Waals surface area contributed by atoms with Crippen molar-refractivity contribution in [1.29, 1.82) is 5.41 Å². The average Bonchev–Trinajstić information content (AvgIpc) is 3.52. The molecule has 11 heteroatoms. The first-order valence-corrected chi connectivity index (χ1v) is 13.4. The maximum Gasteiger partial charge on any atom is 0.253 e. The standard InChI is InChI=1S/C28H32N8O2S/c29-25(34-26(24-2-1-11-31-24)35-16-18-38-19-17-35)20-3-7-22(8-4-20)32-28(39)33-23-9-5-21(6-10-23)27(37)36-14-12-30-13-15-36/h1-11,29-31H,12-19H2,(H2,32,33,39). The molecule has 2 fully saturated rings. The number of rotatable bonds is 5. The fourth-order valence-electron chi connectivity index (χ4n) is 4.47. The van der Waals surface area contributed by atoms with E-state index < -0.39 is 0 Å². The summed E-state index contributed by atoms with van der Waals surface area (Å²) < 4.78 is 5.48. The van der Waals surface area contributed by atoms with E-state index in [0.29, 0.717) is 29.5 Å². The van der Waals surface area contributed by atoms with Gasteiger partial charge < -0.3 is 35.5 Å². The summed E-state index contributed by atoms with van der Waals surface area (Å²) in [7, 11) is 0. The zero-order valence-electron chi connectivity index (χ0n) is 21.6. The highest BCUT2D eigenvalue weighted by molar-refractivity contribution is 7.80. The molecule has 0 atom stereocenters. The molecule has 3 aromatic rings. The molecular formula is C28H32N8O2S. The lowest BCUT2D eigenvalue weighted by Gasteiger charge is -2.29. The topological polar surface area (TPSA) is 121 Å². The summed E-state index contributed by atoms with van der Waals surface area (Å²) in [6.07, 6.45) is 1.85. The van der Waals surface area contributed by atoms with Gasteiger partial charge in [0, 0.05) is 68.0 Å². The van der Waals surface area contributed by atoms with Crippen LogP contribution < -0.4 is 16.0 Å². The highest BCUT2D eigenvalue weighted by Crippen LogP contribution is 2.16. The van der Waals surface area contributed by atoms with E-state index in [-0.39, 0.29) is 11.7 Å². The van der Waals surface area contributed by atoms with Crippen molar-refractivity contribution in [1.82, 2.24) is 20.1 Å². The van der Waals surface area contributed by atoms with Crippen molar-refractivity contribution in [2.24, 2.45) is 4.99 Å². The van der Waals surface area contributed by atoms with Crippen molar-refractivity contribution in [2.45, 2.75) is 0 Å². The van der Waals surface area contributed by atoms with Gasteiger partial charge in [-0.25, -0.2) is 4.99 Å². The number of aromatic amines is 1. The van der Waals surface area contributed by atoms with Crippen LogP contribution in [0.15, 0.2) is 71.9 Å². The predicted octanol–water partition coefficient (Wildman–Crippen LogP) is 2.97. The summed E-state index contributed by atoms with van der Waals surface area (Å²) >= 11 is 5.48. The Bertz CT molecular complexity index is 1310. The Morgan fingerprint density at radius 1 is 0.872 bits per heavy atom. The van der Waals surface area contributed by atoms with Crippen molar-refractivity contribution >= 4 is 46.3 Å². The maximum atomic E-state index is 12.7. The van der Waals surface area contributed by atoms with E-state index in [0.717, 1.165) is 62.2 Å². The van der Waals surface area contributed by atoms with Gasteiger partial charge in [0.05, 0.1) is 18.9 Å². The van der Waals surface area contributed by atoms with E-state index >= 15 is 0 Å². The summed E-state index contributed by atoms with van der Waals surface area (Å²) in [5.74, 6) is 0.957. The Kier molecular flexibility index (Phi) is 8.61. The van der Waals surface area contributed by atoms with E-state index in [1.807, 2.05) is 71.8 Å². The van der Waals surface area contributed by atoms with Crippen LogP contribution >= 0.6 is 12.2 Å². The molecule has 0 radical (unpaired) electrons. The number of carbonyl (C=O) groups excluding carboxylic acids is 1. The molecule has 0 aliphatic carbocycles. The van der Waals surface area contributed by atoms with Crippen LogP contribution in [0.2, 0.25) is 0 Å². The van der Waals surface area contributed by atoms with E-state index in [1.54, 1.807) is 0 Å². The van der Waals surface area contributed by atoms with Gasteiger partial charge in [0.15, 0.2) is 16.8 Å². The molecular weight excluding hydrogens is 512 g/mol. The van der Waals surface area contributed by atoms with Gasteiger partial charge in [0.25, 0.3) is 5.91 Å². The molecule has 0 spiro atoms. The highest BCUT2D eigenvalue weighted by atomic mass is 32.1. The summed E-state index contributed by atoms with van der Waals surface area (Å²) in [5, 5.41) is 18.6. The van der Waals surface area contributed by atoms with Crippen LogP contribution in [0, 0.1) is 5.41 Å². The Labute approximate surface area is 233 Å². The van der Waals surface area contributed by atoms with Crippen molar-refractivity contribution < 1.29 is 9.53 Å². The number of nitrogens with zero attached hydrogens (tertiary/aromatic N) is 3. The number of aliphatic imine (C=N–C) groups is 1. The van der Waals surface area contributed by atoms with Crippen LogP contribution in [-0.2, 0) is 4.74 Å². The van der Waals surface area contributed by atoms with Crippen LogP contribution in [0.4, 0.5) is 11.4 Å². The number of morpholine rings is 1. The second kappa shape index (κ2) is 12.7. The van der Waals surface area contributed by atoms with Gasteiger partial charge in [0.2, 0.25) is 0 Å². The van der Waals surface area contributed by atoms with E-state index in [1.165, 1.54) is 0 Å². The zero-order chi connectivity index (χ0) is 27.0. The van der Waals surface area contributed by atoms with Crippen LogP contribution in [-0.4, -0.2) is 90.0 Å². The quantitative estimate of drug-likeness (QED) is 0.190. The number of carbonyl (C=O) groups is 1. The third kappa shape index (κ3) is 6.88. The van der Waals surface area contributed by atoms with Crippen LogP contribution in [0.1, 0.15) is 21.6 Å². The van der Waals surface area contributed by atoms with E-state index in [2.05, 4.69) is 30.8 Å². The molecule has 2 aliphatic rings. The summed E-state index contributed by atoms with van der Waals surface area (Å²) in [5.41, 5.74) is 3.81. The third-order valence-corrected chi connectivity index (χ3v) is 6.78. The average molecular weight is 545 g/mol.